The topological polar surface area (TPSA) is 65.2 Å². The van der Waals surface area contributed by atoms with E-state index >= 15 is 0 Å². The Hall–Kier alpha value is -2.44. The standard InChI is InChI=1S/C12H7F3N2O2/c13-12(14,15)7-2-1-6-3-9(18-8(6)4-7)10-5-11(16)17-19-10/h1-5H,(H2,16,17). The van der Waals surface area contributed by atoms with E-state index in [0.717, 1.165) is 12.1 Å². The maximum absolute atomic E-state index is 12.6. The summed E-state index contributed by atoms with van der Waals surface area (Å²) in [4.78, 5) is 0. The summed E-state index contributed by atoms with van der Waals surface area (Å²) in [6.45, 7) is 0. The zero-order valence-electron chi connectivity index (χ0n) is 9.36. The second-order valence-electron chi connectivity index (χ2n) is 3.98. The number of hydrogen-bond donors (Lipinski definition) is 1. The predicted octanol–water partition coefficient (Wildman–Crippen LogP) is 3.69. The Kier molecular flexibility index (Phi) is 2.31. The van der Waals surface area contributed by atoms with Crippen LogP contribution >= 0.6 is 0 Å². The predicted molar refractivity (Wildman–Crippen MR) is 61.1 cm³/mol. The quantitative estimate of drug-likeness (QED) is 0.731. The van der Waals surface area contributed by atoms with Gasteiger partial charge in [-0.05, 0) is 18.2 Å². The Morgan fingerprint density at radius 1 is 1.05 bits per heavy atom. The summed E-state index contributed by atoms with van der Waals surface area (Å²) in [5, 5.41) is 4.02. The Labute approximate surface area is 104 Å². The van der Waals surface area contributed by atoms with E-state index in [1.165, 1.54) is 12.1 Å². The van der Waals surface area contributed by atoms with Gasteiger partial charge in [-0.25, -0.2) is 0 Å². The number of furan rings is 1. The summed E-state index contributed by atoms with van der Waals surface area (Å²) >= 11 is 0. The molecular formula is C12H7F3N2O2. The van der Waals surface area contributed by atoms with Crippen LogP contribution in [0.25, 0.3) is 22.5 Å². The van der Waals surface area contributed by atoms with E-state index < -0.39 is 11.7 Å². The van der Waals surface area contributed by atoms with Crippen molar-refractivity contribution in [3.8, 4) is 11.5 Å². The van der Waals surface area contributed by atoms with Crippen LogP contribution in [0.4, 0.5) is 19.0 Å². The first-order chi connectivity index (χ1) is 8.93. The van der Waals surface area contributed by atoms with Gasteiger partial charge in [-0.15, -0.1) is 0 Å². The van der Waals surface area contributed by atoms with Gasteiger partial charge >= 0.3 is 6.18 Å². The number of nitrogens with two attached hydrogens (primary N) is 1. The number of aromatic nitrogens is 1. The number of rotatable bonds is 1. The molecule has 0 bridgehead atoms. The van der Waals surface area contributed by atoms with E-state index in [2.05, 4.69) is 5.16 Å². The molecule has 0 saturated heterocycles. The van der Waals surface area contributed by atoms with Crippen LogP contribution in [0.5, 0.6) is 0 Å². The van der Waals surface area contributed by atoms with Gasteiger partial charge in [0.25, 0.3) is 0 Å². The summed E-state index contributed by atoms with van der Waals surface area (Å²) in [6.07, 6.45) is -4.40. The average molecular weight is 268 g/mol. The number of fused-ring (bicyclic) bond motifs is 1. The molecule has 1 aromatic carbocycles. The summed E-state index contributed by atoms with van der Waals surface area (Å²) in [7, 11) is 0. The van der Waals surface area contributed by atoms with Gasteiger partial charge in [-0.2, -0.15) is 13.2 Å². The van der Waals surface area contributed by atoms with Gasteiger partial charge in [0.05, 0.1) is 5.56 Å². The number of nitrogen functional groups attached to an aromatic ring is 1. The van der Waals surface area contributed by atoms with Gasteiger partial charge in [0, 0.05) is 11.5 Å². The van der Waals surface area contributed by atoms with Crippen molar-refractivity contribution in [3.05, 3.63) is 35.9 Å². The highest BCUT2D eigenvalue weighted by Crippen LogP contribution is 2.34. The highest BCUT2D eigenvalue weighted by molar-refractivity contribution is 5.82. The third kappa shape index (κ3) is 2.03. The molecule has 0 aliphatic heterocycles. The molecule has 3 rings (SSSR count). The number of hydrogen-bond acceptors (Lipinski definition) is 4. The first kappa shape index (κ1) is 11.6. The maximum atomic E-state index is 12.6. The highest BCUT2D eigenvalue weighted by atomic mass is 19.4. The van der Waals surface area contributed by atoms with Crippen LogP contribution < -0.4 is 5.73 Å². The third-order valence-corrected chi connectivity index (χ3v) is 2.62. The Morgan fingerprint density at radius 2 is 1.84 bits per heavy atom. The molecular weight excluding hydrogens is 261 g/mol. The number of benzene rings is 1. The molecule has 0 fully saturated rings. The maximum Gasteiger partial charge on any atom is 0.416 e. The molecule has 19 heavy (non-hydrogen) atoms. The molecule has 0 atom stereocenters. The zero-order chi connectivity index (χ0) is 13.6. The first-order valence-corrected chi connectivity index (χ1v) is 5.27. The average Bonchev–Trinajstić information content (AvgIpc) is 2.92. The lowest BCUT2D eigenvalue weighted by Crippen LogP contribution is -2.03. The molecule has 0 saturated carbocycles. The molecule has 0 aliphatic carbocycles. The fraction of sp³-hybridized carbons (Fsp3) is 0.0833. The molecule has 7 heteroatoms. The van der Waals surface area contributed by atoms with Crippen molar-refractivity contribution >= 4 is 16.8 Å². The van der Waals surface area contributed by atoms with E-state index in [0.29, 0.717) is 5.39 Å². The van der Waals surface area contributed by atoms with Crippen molar-refractivity contribution in [1.82, 2.24) is 5.16 Å². The summed E-state index contributed by atoms with van der Waals surface area (Å²) in [6, 6.07) is 6.28. The van der Waals surface area contributed by atoms with Crippen LogP contribution in [-0.4, -0.2) is 5.16 Å². The molecule has 0 radical (unpaired) electrons. The first-order valence-electron chi connectivity index (χ1n) is 5.27. The third-order valence-electron chi connectivity index (χ3n) is 2.62. The van der Waals surface area contributed by atoms with E-state index in [1.807, 2.05) is 0 Å². The van der Waals surface area contributed by atoms with Crippen LogP contribution in [0, 0.1) is 0 Å². The highest BCUT2D eigenvalue weighted by Gasteiger charge is 2.31. The molecule has 0 amide bonds. The SMILES string of the molecule is Nc1cc(-c2cc3ccc(C(F)(F)F)cc3o2)on1. The second kappa shape index (κ2) is 3.78. The number of halogens is 3. The fourth-order valence-electron chi connectivity index (χ4n) is 1.73. The van der Waals surface area contributed by atoms with Gasteiger partial charge in [0.1, 0.15) is 5.58 Å². The van der Waals surface area contributed by atoms with Crippen LogP contribution in [-0.2, 0) is 6.18 Å². The normalized spacial score (nSPS) is 12.2. The van der Waals surface area contributed by atoms with E-state index in [1.54, 1.807) is 6.07 Å². The van der Waals surface area contributed by atoms with Gasteiger partial charge in [0.2, 0.25) is 5.76 Å². The Bertz CT molecular complexity index is 743. The minimum absolute atomic E-state index is 0.125. The van der Waals surface area contributed by atoms with Crippen molar-refractivity contribution in [1.29, 1.82) is 0 Å². The smallest absolute Gasteiger partial charge is 0.416 e. The molecule has 2 heterocycles. The molecule has 4 nitrogen and oxygen atoms in total. The minimum atomic E-state index is -4.40. The lowest BCUT2D eigenvalue weighted by atomic mass is 10.1. The van der Waals surface area contributed by atoms with Crippen molar-refractivity contribution in [3.63, 3.8) is 0 Å². The monoisotopic (exact) mass is 268 g/mol. The van der Waals surface area contributed by atoms with Crippen LogP contribution in [0.3, 0.4) is 0 Å². The second-order valence-corrected chi connectivity index (χ2v) is 3.98. The minimum Gasteiger partial charge on any atom is -0.453 e. The summed E-state index contributed by atoms with van der Waals surface area (Å²) < 4.78 is 47.9. The van der Waals surface area contributed by atoms with Crippen LogP contribution in [0.15, 0.2) is 39.3 Å². The molecule has 2 aromatic heterocycles. The van der Waals surface area contributed by atoms with Gasteiger partial charge in [-0.3, -0.25) is 0 Å². The van der Waals surface area contributed by atoms with Crippen LogP contribution in [0.1, 0.15) is 5.56 Å². The van der Waals surface area contributed by atoms with Crippen molar-refractivity contribution in [2.75, 3.05) is 5.73 Å². The number of nitrogens with zero attached hydrogens (tertiary/aromatic N) is 1. The molecule has 98 valence electrons. The Morgan fingerprint density at radius 3 is 2.47 bits per heavy atom. The van der Waals surface area contributed by atoms with Gasteiger partial charge in [-0.1, -0.05) is 11.2 Å². The largest absolute Gasteiger partial charge is 0.453 e. The van der Waals surface area contributed by atoms with Crippen molar-refractivity contribution in [2.24, 2.45) is 0 Å². The van der Waals surface area contributed by atoms with E-state index in [9.17, 15) is 13.2 Å². The molecule has 2 N–H and O–H groups in total. The fourth-order valence-corrected chi connectivity index (χ4v) is 1.73. The van der Waals surface area contributed by atoms with Gasteiger partial charge < -0.3 is 14.7 Å². The van der Waals surface area contributed by atoms with Gasteiger partial charge in [0.15, 0.2) is 11.6 Å². The lowest BCUT2D eigenvalue weighted by molar-refractivity contribution is -0.137. The Balaban J connectivity index is 2.11. The van der Waals surface area contributed by atoms with E-state index in [4.69, 9.17) is 14.7 Å². The summed E-state index contributed by atoms with van der Waals surface area (Å²) in [5.41, 5.74) is 4.76. The number of alkyl halides is 3. The molecule has 0 aliphatic rings. The number of anilines is 1. The van der Waals surface area contributed by atoms with Crippen molar-refractivity contribution < 1.29 is 22.1 Å². The molecule has 3 aromatic rings. The summed E-state index contributed by atoms with van der Waals surface area (Å²) in [5.74, 6) is 0.715. The zero-order valence-corrected chi connectivity index (χ0v) is 9.36. The van der Waals surface area contributed by atoms with E-state index in [-0.39, 0.29) is 22.9 Å². The molecule has 0 unspecified atom stereocenters. The molecule has 0 spiro atoms. The van der Waals surface area contributed by atoms with Crippen LogP contribution in [0.2, 0.25) is 0 Å². The lowest BCUT2D eigenvalue weighted by Gasteiger charge is -2.04. The van der Waals surface area contributed by atoms with Crippen molar-refractivity contribution in [2.45, 2.75) is 6.18 Å².